The molecule has 2 heterocycles. The Bertz CT molecular complexity index is 2440. The summed E-state index contributed by atoms with van der Waals surface area (Å²) in [5.74, 6) is -0.407. The van der Waals surface area contributed by atoms with Crippen molar-refractivity contribution in [3.8, 4) is 0 Å². The van der Waals surface area contributed by atoms with E-state index >= 15 is 0 Å². The lowest BCUT2D eigenvalue weighted by atomic mass is 9.84. The van der Waals surface area contributed by atoms with E-state index < -0.39 is 0 Å². The van der Waals surface area contributed by atoms with E-state index in [9.17, 15) is 9.90 Å². The fourth-order valence-corrected chi connectivity index (χ4v) is 9.22. The molecule has 0 atom stereocenters. The average molecular weight is 909 g/mol. The normalized spacial score (nSPS) is 14.8. The Morgan fingerprint density at radius 1 is 0.500 bits per heavy atom. The first-order valence-corrected chi connectivity index (χ1v) is 25.7. The standard InChI is InChI=1S/C60H72N6O2/c1-3-5-7-9-11-13-15-17-31-45-63-53(47-61-65(49-33-23-19-24-34-49)50-35-25-20-26-36-50)41-43-55(63)57-59(67)58(60(57)68)56-44-42-54(64(56)46-32-18-16-14-12-10-8-6-4-2)48-62-66(51-37-27-21-28-38-51)52-39-29-22-30-40-52/h19-30,33-44,47-48H,3-18,31-32,45-46H2,1-2H3. The van der Waals surface area contributed by atoms with Gasteiger partial charge in [0.1, 0.15) is 12.8 Å². The molecule has 354 valence electrons. The van der Waals surface area contributed by atoms with Crippen molar-refractivity contribution < 1.29 is 14.5 Å². The average Bonchev–Trinajstić information content (AvgIpc) is 3.96. The van der Waals surface area contributed by atoms with E-state index in [0.29, 0.717) is 24.5 Å². The Kier molecular flexibility index (Phi) is 19.4. The van der Waals surface area contributed by atoms with Crippen LogP contribution in [-0.4, -0.2) is 39.6 Å². The lowest BCUT2D eigenvalue weighted by Crippen LogP contribution is -2.33. The van der Waals surface area contributed by atoms with E-state index in [4.69, 9.17) is 10.2 Å². The summed E-state index contributed by atoms with van der Waals surface area (Å²) in [5, 5.41) is 28.5. The van der Waals surface area contributed by atoms with Gasteiger partial charge in [-0.3, -0.25) is 4.79 Å². The molecular weight excluding hydrogens is 837 g/mol. The summed E-state index contributed by atoms with van der Waals surface area (Å²) in [4.78, 5) is 14.6. The molecule has 0 bridgehead atoms. The van der Waals surface area contributed by atoms with Crippen LogP contribution in [0.3, 0.4) is 0 Å². The van der Waals surface area contributed by atoms with Crippen LogP contribution < -0.4 is 15.1 Å². The number of unbranched alkanes of at least 4 members (excludes halogenated alkanes) is 16. The molecule has 0 fully saturated rings. The van der Waals surface area contributed by atoms with Gasteiger partial charge in [0.2, 0.25) is 17.2 Å². The molecule has 0 spiro atoms. The Hall–Kier alpha value is -6.54. The number of carbonyl (C=O) groups excluding carboxylic acids is 1. The third-order valence-corrected chi connectivity index (χ3v) is 13.0. The second-order valence-corrected chi connectivity index (χ2v) is 18.1. The number of ketones is 1. The molecule has 5 aromatic rings. The maximum absolute atomic E-state index is 14.6. The highest BCUT2D eigenvalue weighted by Gasteiger charge is 2.38. The van der Waals surface area contributed by atoms with Gasteiger partial charge in [0.05, 0.1) is 45.9 Å². The quantitative estimate of drug-likeness (QED) is 0.0157. The number of carbonyl (C=O) groups is 1. The molecule has 7 rings (SSSR count). The zero-order chi connectivity index (χ0) is 47.2. The molecule has 0 unspecified atom stereocenters. The van der Waals surface area contributed by atoms with Crippen LogP contribution in [0, 0.1) is 0 Å². The monoisotopic (exact) mass is 909 g/mol. The first-order valence-electron chi connectivity index (χ1n) is 25.7. The number of para-hydroxylation sites is 4. The van der Waals surface area contributed by atoms with Gasteiger partial charge in [-0.15, -0.1) is 0 Å². The Morgan fingerprint density at radius 2 is 0.926 bits per heavy atom. The van der Waals surface area contributed by atoms with E-state index in [2.05, 4.69) is 23.0 Å². The molecular formula is C60H72N6O2. The predicted octanol–water partition coefficient (Wildman–Crippen LogP) is 14.5. The lowest BCUT2D eigenvalue weighted by Gasteiger charge is -2.31. The van der Waals surface area contributed by atoms with Crippen LogP contribution in [0.25, 0.3) is 5.57 Å². The Morgan fingerprint density at radius 3 is 1.38 bits per heavy atom. The first-order chi connectivity index (χ1) is 33.6. The van der Waals surface area contributed by atoms with E-state index in [-0.39, 0.29) is 22.7 Å². The smallest absolute Gasteiger partial charge is 0.226 e. The summed E-state index contributed by atoms with van der Waals surface area (Å²) < 4.78 is 4.28. The minimum absolute atomic E-state index is 0.203. The maximum Gasteiger partial charge on any atom is 0.226 e. The van der Waals surface area contributed by atoms with Crippen LogP contribution in [0.1, 0.15) is 141 Å². The van der Waals surface area contributed by atoms with Gasteiger partial charge in [0, 0.05) is 30.7 Å². The number of allylic oxidation sites excluding steroid dienone is 4. The molecule has 0 radical (unpaired) electrons. The Balaban J connectivity index is 1.19. The van der Waals surface area contributed by atoms with Gasteiger partial charge in [0.25, 0.3) is 0 Å². The zero-order valence-corrected chi connectivity index (χ0v) is 40.7. The molecule has 0 saturated carbocycles. The number of hydrogen-bond acceptors (Lipinski definition) is 6. The van der Waals surface area contributed by atoms with E-state index in [1.165, 1.54) is 89.9 Å². The summed E-state index contributed by atoms with van der Waals surface area (Å²) in [7, 11) is 0. The van der Waals surface area contributed by atoms with Gasteiger partial charge in [-0.1, -0.05) is 189 Å². The van der Waals surface area contributed by atoms with Gasteiger partial charge >= 0.3 is 0 Å². The molecule has 2 aliphatic rings. The largest absolute Gasteiger partial charge is 0.871 e. The zero-order valence-electron chi connectivity index (χ0n) is 40.7. The van der Waals surface area contributed by atoms with Crippen LogP contribution in [0.4, 0.5) is 22.7 Å². The van der Waals surface area contributed by atoms with Gasteiger partial charge < -0.3 is 9.67 Å². The fraction of sp³-hybridized carbons (Fsp3) is 0.367. The molecule has 0 amide bonds. The Labute approximate surface area is 406 Å². The fourth-order valence-electron chi connectivity index (χ4n) is 9.22. The molecule has 68 heavy (non-hydrogen) atoms. The van der Waals surface area contributed by atoms with Crippen LogP contribution >= 0.6 is 0 Å². The third kappa shape index (κ3) is 13.3. The van der Waals surface area contributed by atoms with Crippen molar-refractivity contribution in [2.24, 2.45) is 10.2 Å². The summed E-state index contributed by atoms with van der Waals surface area (Å²) in [5.41, 5.74) is 7.29. The predicted molar refractivity (Wildman–Crippen MR) is 283 cm³/mol. The molecule has 1 aliphatic heterocycles. The maximum atomic E-state index is 14.6. The van der Waals surface area contributed by atoms with Crippen molar-refractivity contribution in [1.29, 1.82) is 0 Å². The molecule has 0 N–H and O–H groups in total. The number of hydrazone groups is 2. The van der Waals surface area contributed by atoms with Crippen LogP contribution in [-0.2, 0) is 11.3 Å². The van der Waals surface area contributed by atoms with Crippen molar-refractivity contribution in [3.63, 3.8) is 0 Å². The number of rotatable bonds is 29. The summed E-state index contributed by atoms with van der Waals surface area (Å²) in [6.07, 6.45) is 29.4. The number of benzene rings is 4. The van der Waals surface area contributed by atoms with Gasteiger partial charge in [-0.25, -0.2) is 10.0 Å². The minimum atomic E-state index is -0.203. The second kappa shape index (κ2) is 26.7. The third-order valence-electron chi connectivity index (χ3n) is 13.0. The highest BCUT2D eigenvalue weighted by Crippen LogP contribution is 2.39. The van der Waals surface area contributed by atoms with Crippen LogP contribution in [0.2, 0.25) is 0 Å². The van der Waals surface area contributed by atoms with Crippen molar-refractivity contribution in [3.05, 3.63) is 174 Å². The lowest BCUT2D eigenvalue weighted by molar-refractivity contribution is -0.468. The minimum Gasteiger partial charge on any atom is -0.871 e. The molecule has 8 nitrogen and oxygen atoms in total. The van der Waals surface area contributed by atoms with E-state index in [1.807, 2.05) is 168 Å². The SMILES string of the molecule is CCCCCCCCCCCn1c(/C=N/N(c2ccccc2)c2ccccc2)ccc1C1=C([O-])/C(=C2/C=CC(/C=N/N(c3ccccc3)c3ccccc3)=[N+]2CCCCCCCCCCC)C1=O. The summed E-state index contributed by atoms with van der Waals surface area (Å²) >= 11 is 0. The number of hydrogen-bond donors (Lipinski definition) is 0. The number of anilines is 4. The summed E-state index contributed by atoms with van der Waals surface area (Å²) in [6, 6.07) is 44.4. The van der Waals surface area contributed by atoms with Crippen molar-refractivity contribution in [1.82, 2.24) is 4.57 Å². The number of nitrogens with zero attached hydrogens (tertiary/aromatic N) is 6. The first kappa shape index (κ1) is 49.4. The van der Waals surface area contributed by atoms with Crippen LogP contribution in [0.15, 0.2) is 173 Å². The molecule has 0 saturated heterocycles. The highest BCUT2D eigenvalue weighted by molar-refractivity contribution is 6.39. The van der Waals surface area contributed by atoms with Crippen molar-refractivity contribution in [2.75, 3.05) is 16.6 Å². The molecule has 4 aromatic carbocycles. The molecule has 1 aromatic heterocycles. The van der Waals surface area contributed by atoms with Crippen molar-refractivity contribution in [2.45, 2.75) is 136 Å². The second-order valence-electron chi connectivity index (χ2n) is 18.1. The van der Waals surface area contributed by atoms with Crippen LogP contribution in [0.5, 0.6) is 0 Å². The highest BCUT2D eigenvalue weighted by atomic mass is 16.3. The van der Waals surface area contributed by atoms with Gasteiger partial charge in [0.15, 0.2) is 0 Å². The van der Waals surface area contributed by atoms with E-state index in [0.717, 1.165) is 59.8 Å². The topological polar surface area (TPSA) is 79.3 Å². The van der Waals surface area contributed by atoms with Gasteiger partial charge in [-0.2, -0.15) is 14.8 Å². The van der Waals surface area contributed by atoms with Gasteiger partial charge in [-0.05, 0) is 73.5 Å². The molecule has 8 heteroatoms. The number of Topliss-reactive ketones (excluding diaryl/α,β-unsaturated/α-hetero) is 1. The number of aromatic nitrogens is 1. The molecule has 1 aliphatic carbocycles. The van der Waals surface area contributed by atoms with Crippen molar-refractivity contribution >= 4 is 52.2 Å². The van der Waals surface area contributed by atoms with E-state index in [1.54, 1.807) is 0 Å². The summed E-state index contributed by atoms with van der Waals surface area (Å²) in [6.45, 7) is 5.89.